The molecule has 0 saturated carbocycles. The van der Waals surface area contributed by atoms with Gasteiger partial charge in [0.2, 0.25) is 7.16 Å². The molecular formula is C21H24I2+2. The Bertz CT molecular complexity index is 677. The van der Waals surface area contributed by atoms with Crippen molar-refractivity contribution in [3.8, 4) is 0 Å². The number of hydrogen-bond donors (Lipinski definition) is 0. The summed E-state index contributed by atoms with van der Waals surface area (Å²) in [5, 5.41) is 0. The molecule has 0 atom stereocenters. The second kappa shape index (κ2) is 9.62. The standard InChI is InChI=1S/C21H24I2/c1-5-6-7-21(23-20-14-10-17(3)11-15-20)18(4)22-19-12-8-16(2)9-13-19/h5-6,8-15H,7H2,1-4H3/q+2. The molecule has 2 aromatic carbocycles. The topological polar surface area (TPSA) is 0 Å². The summed E-state index contributed by atoms with van der Waals surface area (Å²) in [6, 6.07) is 18.2. The molecule has 0 radical (unpaired) electrons. The zero-order chi connectivity index (χ0) is 16.7. The van der Waals surface area contributed by atoms with Crippen LogP contribution >= 0.6 is 0 Å². The zero-order valence-electron chi connectivity index (χ0n) is 14.2. The molecule has 120 valence electrons. The molecule has 0 fully saturated rings. The van der Waals surface area contributed by atoms with Crippen LogP contribution in [-0.4, -0.2) is 0 Å². The van der Waals surface area contributed by atoms with E-state index in [0.717, 1.165) is 6.42 Å². The molecule has 0 nitrogen and oxygen atoms in total. The SMILES string of the molecule is CC=CCC([I+]c1ccc(C)cc1)=C(C)[I+]c1ccc(C)cc1. The third kappa shape index (κ3) is 6.42. The van der Waals surface area contributed by atoms with Gasteiger partial charge in [-0.2, -0.15) is 0 Å². The van der Waals surface area contributed by atoms with Crippen molar-refractivity contribution in [3.05, 3.63) is 86.1 Å². The highest BCUT2D eigenvalue weighted by Crippen LogP contribution is 1.97. The van der Waals surface area contributed by atoms with Crippen LogP contribution in [0.25, 0.3) is 0 Å². The first-order valence-electron chi connectivity index (χ1n) is 7.82. The molecule has 0 aliphatic heterocycles. The van der Waals surface area contributed by atoms with Gasteiger partial charge in [-0.15, -0.1) is 0 Å². The monoisotopic (exact) mass is 530 g/mol. The Kier molecular flexibility index (Phi) is 7.83. The zero-order valence-corrected chi connectivity index (χ0v) is 18.6. The van der Waals surface area contributed by atoms with Crippen molar-refractivity contribution < 1.29 is 42.4 Å². The van der Waals surface area contributed by atoms with Crippen molar-refractivity contribution in [2.75, 3.05) is 0 Å². The number of aryl methyl sites for hydroxylation is 2. The van der Waals surface area contributed by atoms with E-state index in [1.807, 2.05) is 0 Å². The Balaban J connectivity index is 2.20. The van der Waals surface area contributed by atoms with Gasteiger partial charge >= 0.3 is 42.4 Å². The van der Waals surface area contributed by atoms with Crippen LogP contribution in [0.3, 0.4) is 0 Å². The summed E-state index contributed by atoms with van der Waals surface area (Å²) < 4.78 is 6.40. The number of rotatable bonds is 6. The second-order valence-corrected chi connectivity index (χ2v) is 12.0. The molecule has 0 bridgehead atoms. The molecule has 0 spiro atoms. The van der Waals surface area contributed by atoms with E-state index < -0.39 is 0 Å². The number of halogens is 2. The lowest BCUT2D eigenvalue weighted by Gasteiger charge is -1.93. The van der Waals surface area contributed by atoms with Crippen LogP contribution in [0.15, 0.2) is 67.8 Å². The molecule has 0 heterocycles. The molecule has 2 heteroatoms. The van der Waals surface area contributed by atoms with Crippen molar-refractivity contribution in [1.29, 1.82) is 0 Å². The van der Waals surface area contributed by atoms with Crippen LogP contribution in [0.4, 0.5) is 0 Å². The quantitative estimate of drug-likeness (QED) is 0.357. The molecule has 0 amide bonds. The van der Waals surface area contributed by atoms with Crippen LogP contribution in [0, 0.1) is 21.0 Å². The summed E-state index contributed by atoms with van der Waals surface area (Å²) in [5.41, 5.74) is 2.70. The minimum Gasteiger partial charge on any atom is -0.0912 e. The second-order valence-electron chi connectivity index (χ2n) is 5.49. The van der Waals surface area contributed by atoms with Crippen LogP contribution in [-0.2, 0) is 0 Å². The maximum absolute atomic E-state index is 2.36. The minimum atomic E-state index is -0.0535. The first-order chi connectivity index (χ1) is 11.1. The Morgan fingerprint density at radius 2 is 1.30 bits per heavy atom. The average Bonchev–Trinajstić information content (AvgIpc) is 2.55. The van der Waals surface area contributed by atoms with Crippen molar-refractivity contribution in [3.63, 3.8) is 0 Å². The molecule has 23 heavy (non-hydrogen) atoms. The average molecular weight is 530 g/mol. The highest BCUT2D eigenvalue weighted by atomic mass is 127. The molecule has 2 rings (SSSR count). The normalized spacial score (nSPS) is 12.5. The smallest absolute Gasteiger partial charge is 0.0912 e. The van der Waals surface area contributed by atoms with Gasteiger partial charge in [-0.1, -0.05) is 47.5 Å². The highest BCUT2D eigenvalue weighted by molar-refractivity contribution is 5.14. The van der Waals surface area contributed by atoms with Gasteiger partial charge in [0.15, 0.2) is 7.14 Å². The lowest BCUT2D eigenvalue weighted by molar-refractivity contribution is -0.620. The Labute approximate surface area is 161 Å². The van der Waals surface area contributed by atoms with Crippen LogP contribution < -0.4 is 42.4 Å². The first kappa shape index (κ1) is 18.7. The summed E-state index contributed by atoms with van der Waals surface area (Å²) in [6.07, 6.45) is 5.61. The molecule has 2 aromatic rings. The van der Waals surface area contributed by atoms with E-state index in [0.29, 0.717) is 0 Å². The van der Waals surface area contributed by atoms with Gasteiger partial charge in [0.05, 0.1) is 0 Å². The van der Waals surface area contributed by atoms with E-state index in [1.165, 1.54) is 18.3 Å². The van der Waals surface area contributed by atoms with Crippen molar-refractivity contribution >= 4 is 0 Å². The van der Waals surface area contributed by atoms with Gasteiger partial charge in [0.1, 0.15) is 0 Å². The predicted octanol–water partition coefficient (Wildman–Crippen LogP) is -0.281. The minimum absolute atomic E-state index is 0.0383. The molecule has 0 N–H and O–H groups in total. The molecule has 0 unspecified atom stereocenters. The fourth-order valence-electron chi connectivity index (χ4n) is 2.00. The van der Waals surface area contributed by atoms with E-state index >= 15 is 0 Å². The van der Waals surface area contributed by atoms with Gasteiger partial charge in [-0.05, 0) is 45.0 Å². The summed E-state index contributed by atoms with van der Waals surface area (Å²) in [6.45, 7) is 8.80. The third-order valence-electron chi connectivity index (χ3n) is 3.40. The molecular weight excluding hydrogens is 506 g/mol. The Hall–Kier alpha value is -0.620. The first-order valence-corrected chi connectivity index (χ1v) is 12.1. The van der Waals surface area contributed by atoms with Gasteiger partial charge in [0.25, 0.3) is 0 Å². The number of benzene rings is 2. The van der Waals surface area contributed by atoms with Gasteiger partial charge in [-0.3, -0.25) is 0 Å². The summed E-state index contributed by atoms with van der Waals surface area (Å²) in [4.78, 5) is 0. The maximum atomic E-state index is 2.36. The Morgan fingerprint density at radius 3 is 1.78 bits per heavy atom. The van der Waals surface area contributed by atoms with Gasteiger partial charge in [-0.25, -0.2) is 0 Å². The van der Waals surface area contributed by atoms with Crippen LogP contribution in [0.2, 0.25) is 0 Å². The summed E-state index contributed by atoms with van der Waals surface area (Å²) in [5.74, 6) is 0. The molecule has 0 aliphatic carbocycles. The highest BCUT2D eigenvalue weighted by Gasteiger charge is 2.29. The van der Waals surface area contributed by atoms with Crippen molar-refractivity contribution in [2.45, 2.75) is 34.1 Å². The van der Waals surface area contributed by atoms with E-state index in [-0.39, 0.29) is 42.4 Å². The maximum Gasteiger partial charge on any atom is 0.358 e. The van der Waals surface area contributed by atoms with Crippen molar-refractivity contribution in [1.82, 2.24) is 0 Å². The number of hydrogen-bond acceptors (Lipinski definition) is 0. The van der Waals surface area contributed by atoms with E-state index in [4.69, 9.17) is 0 Å². The van der Waals surface area contributed by atoms with Crippen molar-refractivity contribution in [2.24, 2.45) is 0 Å². The summed E-state index contributed by atoms with van der Waals surface area (Å²) in [7, 11) is 0. The van der Waals surface area contributed by atoms with Crippen LogP contribution in [0.5, 0.6) is 0 Å². The molecule has 0 saturated heterocycles. The largest absolute Gasteiger partial charge is 0.358 e. The van der Waals surface area contributed by atoms with E-state index in [1.54, 1.807) is 7.16 Å². The predicted molar refractivity (Wildman–Crippen MR) is 91.9 cm³/mol. The fourth-order valence-corrected chi connectivity index (χ4v) is 7.86. The summed E-state index contributed by atoms with van der Waals surface area (Å²) >= 11 is -0.0918. The molecule has 0 aliphatic rings. The lowest BCUT2D eigenvalue weighted by atomic mass is 10.2. The van der Waals surface area contributed by atoms with Crippen LogP contribution in [0.1, 0.15) is 31.4 Å². The Morgan fingerprint density at radius 1 is 0.826 bits per heavy atom. The fraction of sp³-hybridized carbons (Fsp3) is 0.238. The van der Waals surface area contributed by atoms with E-state index in [2.05, 4.69) is 88.4 Å². The lowest BCUT2D eigenvalue weighted by Crippen LogP contribution is -3.65. The van der Waals surface area contributed by atoms with Gasteiger partial charge < -0.3 is 0 Å². The van der Waals surface area contributed by atoms with Gasteiger partial charge in [0, 0.05) is 13.3 Å². The van der Waals surface area contributed by atoms with E-state index in [9.17, 15) is 0 Å². The third-order valence-corrected chi connectivity index (χ3v) is 10.5. The molecule has 0 aromatic heterocycles. The number of allylic oxidation sites excluding steroid dienone is 4.